The minimum absolute atomic E-state index is 0.197. The zero-order valence-corrected chi connectivity index (χ0v) is 17.8. The number of nitrogens with zero attached hydrogens (tertiary/aromatic N) is 4. The van der Waals surface area contributed by atoms with Gasteiger partial charge in [0.05, 0.1) is 5.39 Å². The minimum Gasteiger partial charge on any atom is -0.387 e. The van der Waals surface area contributed by atoms with Gasteiger partial charge in [0.1, 0.15) is 36.1 Å². The van der Waals surface area contributed by atoms with E-state index >= 15 is 0 Å². The Morgan fingerprint density at radius 3 is 2.83 bits per heavy atom. The Hall–Kier alpha value is -1.30. The van der Waals surface area contributed by atoms with Crippen LogP contribution in [-0.2, 0) is 4.74 Å². The lowest BCUT2D eigenvalue weighted by Gasteiger charge is -2.43. The number of aliphatic hydroxyl groups is 2. The van der Waals surface area contributed by atoms with Crippen molar-refractivity contribution in [3.63, 3.8) is 0 Å². The third kappa shape index (κ3) is 3.17. The average molecular weight is 467 g/mol. The van der Waals surface area contributed by atoms with Crippen LogP contribution in [0.5, 0.6) is 0 Å². The molecule has 0 amide bonds. The highest BCUT2D eigenvalue weighted by molar-refractivity contribution is 9.10. The molecule has 1 spiro atoms. The van der Waals surface area contributed by atoms with Crippen LogP contribution >= 0.6 is 15.9 Å². The first kappa shape index (κ1) is 19.7. The van der Waals surface area contributed by atoms with Crippen LogP contribution in [0.1, 0.15) is 31.9 Å². The van der Waals surface area contributed by atoms with E-state index in [1.54, 1.807) is 10.8 Å². The minimum atomic E-state index is -1.05. The lowest BCUT2D eigenvalue weighted by molar-refractivity contribution is -0.0542. The van der Waals surface area contributed by atoms with Crippen molar-refractivity contribution in [2.75, 3.05) is 31.9 Å². The maximum Gasteiger partial charge on any atom is 0.164 e. The largest absolute Gasteiger partial charge is 0.387 e. The van der Waals surface area contributed by atoms with E-state index in [0.717, 1.165) is 36.9 Å². The summed E-state index contributed by atoms with van der Waals surface area (Å²) in [5.74, 6) is 0.357. The summed E-state index contributed by atoms with van der Waals surface area (Å²) >= 11 is 3.49. The molecule has 5 N–H and O–H groups in total. The number of aromatic nitrogens is 3. The topological polar surface area (TPSA) is 122 Å². The van der Waals surface area contributed by atoms with Crippen LogP contribution in [0.4, 0.5) is 5.82 Å². The number of nitrogen functional groups attached to an aromatic ring is 1. The van der Waals surface area contributed by atoms with Gasteiger partial charge >= 0.3 is 0 Å². The number of likely N-dealkylation sites (tertiary alicyclic amines) is 1. The number of nitrogens with one attached hydrogen (secondary N) is 1. The molecule has 2 aromatic rings. The maximum absolute atomic E-state index is 10.8. The second kappa shape index (κ2) is 7.44. The molecule has 0 bridgehead atoms. The van der Waals surface area contributed by atoms with Crippen LogP contribution in [0.2, 0.25) is 0 Å². The predicted octanol–water partition coefficient (Wildman–Crippen LogP) is 0.613. The smallest absolute Gasteiger partial charge is 0.164 e. The van der Waals surface area contributed by atoms with Crippen LogP contribution in [0, 0.1) is 0 Å². The van der Waals surface area contributed by atoms with E-state index in [4.69, 9.17) is 10.5 Å². The number of nitrogens with two attached hydrogens (primary N) is 1. The molecule has 10 heteroatoms. The molecule has 9 nitrogen and oxygen atoms in total. The lowest BCUT2D eigenvalue weighted by atomic mass is 9.85. The highest BCUT2D eigenvalue weighted by Gasteiger charge is 2.48. The molecule has 2 aromatic heterocycles. The standard InChI is InChI=1S/C19H27BrN6O3/c20-11-8-26(17-13(11)16(21)23-10-24-17)18-15(28)14(27)12(29-18)9-25-7-1-2-19(25)3-5-22-6-4-19/h8,10,12,14-15,18,22,27-28H,1-7,9H2,(H2,21,23,24)/t12-,14-,15-,18-/m1/s1. The molecule has 4 atom stereocenters. The van der Waals surface area contributed by atoms with Crippen LogP contribution in [0.15, 0.2) is 17.0 Å². The summed E-state index contributed by atoms with van der Waals surface area (Å²) in [6.45, 7) is 3.68. The summed E-state index contributed by atoms with van der Waals surface area (Å²) in [7, 11) is 0. The second-order valence-electron chi connectivity index (χ2n) is 8.41. The molecule has 0 unspecified atom stereocenters. The first-order valence-corrected chi connectivity index (χ1v) is 11.0. The Labute approximate surface area is 177 Å². The van der Waals surface area contributed by atoms with Gasteiger partial charge in [-0.15, -0.1) is 0 Å². The molecule has 3 aliphatic rings. The Morgan fingerprint density at radius 1 is 1.24 bits per heavy atom. The molecule has 0 aliphatic carbocycles. The Bertz CT molecular complexity index is 901. The number of ether oxygens (including phenoxy) is 1. The average Bonchev–Trinajstić information content (AvgIpc) is 3.34. The summed E-state index contributed by atoms with van der Waals surface area (Å²) in [6.07, 6.45) is 4.55. The third-order valence-electron chi connectivity index (χ3n) is 6.88. The van der Waals surface area contributed by atoms with Crippen LogP contribution in [0.3, 0.4) is 0 Å². The summed E-state index contributed by atoms with van der Waals surface area (Å²) < 4.78 is 8.67. The van der Waals surface area contributed by atoms with Gasteiger partial charge in [-0.3, -0.25) is 4.90 Å². The van der Waals surface area contributed by atoms with E-state index in [1.807, 2.05) is 0 Å². The SMILES string of the molecule is Nc1ncnc2c1c(Br)cn2[C@@H]1O[C@H](CN2CCCC23CCNCC3)[C@@H](O)[C@H]1O. The van der Waals surface area contributed by atoms with Gasteiger partial charge in [-0.05, 0) is 61.2 Å². The Kier molecular flexibility index (Phi) is 5.04. The van der Waals surface area contributed by atoms with Crippen molar-refractivity contribution in [3.8, 4) is 0 Å². The number of halogens is 1. The van der Waals surface area contributed by atoms with Crippen molar-refractivity contribution < 1.29 is 14.9 Å². The summed E-state index contributed by atoms with van der Waals surface area (Å²) in [5.41, 5.74) is 6.75. The molecule has 158 valence electrons. The Morgan fingerprint density at radius 2 is 2.03 bits per heavy atom. The number of piperidine rings is 1. The maximum atomic E-state index is 10.8. The first-order chi connectivity index (χ1) is 14.0. The Balaban J connectivity index is 1.39. The molecule has 3 aliphatic heterocycles. The molecular formula is C19H27BrN6O3. The second-order valence-corrected chi connectivity index (χ2v) is 9.27. The normalized spacial score (nSPS) is 32.5. The zero-order chi connectivity index (χ0) is 20.2. The van der Waals surface area contributed by atoms with Gasteiger partial charge in [-0.25, -0.2) is 9.97 Å². The molecule has 0 radical (unpaired) electrons. The molecular weight excluding hydrogens is 440 g/mol. The van der Waals surface area contributed by atoms with Crippen LogP contribution in [0.25, 0.3) is 11.0 Å². The van der Waals surface area contributed by atoms with Crippen molar-refractivity contribution >= 4 is 32.8 Å². The highest BCUT2D eigenvalue weighted by Crippen LogP contribution is 2.40. The number of anilines is 1. The molecule has 0 saturated carbocycles. The van der Waals surface area contributed by atoms with Gasteiger partial charge in [0.2, 0.25) is 0 Å². The van der Waals surface area contributed by atoms with Crippen molar-refractivity contribution in [1.29, 1.82) is 0 Å². The summed E-state index contributed by atoms with van der Waals surface area (Å²) in [6, 6.07) is 0. The summed E-state index contributed by atoms with van der Waals surface area (Å²) in [4.78, 5) is 10.8. The number of rotatable bonds is 3. The van der Waals surface area contributed by atoms with Gasteiger partial charge in [0.25, 0.3) is 0 Å². The van der Waals surface area contributed by atoms with Gasteiger partial charge in [0, 0.05) is 22.8 Å². The number of fused-ring (bicyclic) bond motifs is 1. The van der Waals surface area contributed by atoms with Crippen LogP contribution in [-0.4, -0.2) is 79.7 Å². The van der Waals surface area contributed by atoms with Crippen molar-refractivity contribution in [3.05, 3.63) is 17.0 Å². The van der Waals surface area contributed by atoms with E-state index < -0.39 is 24.5 Å². The lowest BCUT2D eigenvalue weighted by Crippen LogP contribution is -2.54. The number of hydrogen-bond acceptors (Lipinski definition) is 8. The van der Waals surface area contributed by atoms with Gasteiger partial charge < -0.3 is 30.6 Å². The van der Waals surface area contributed by atoms with Crippen molar-refractivity contribution in [2.24, 2.45) is 0 Å². The molecule has 0 aromatic carbocycles. The van der Waals surface area contributed by atoms with E-state index in [0.29, 0.717) is 23.4 Å². The van der Waals surface area contributed by atoms with Gasteiger partial charge in [-0.2, -0.15) is 0 Å². The van der Waals surface area contributed by atoms with E-state index in [1.165, 1.54) is 19.2 Å². The fraction of sp³-hybridized carbons (Fsp3) is 0.684. The molecule has 5 heterocycles. The van der Waals surface area contributed by atoms with Gasteiger partial charge in [0.15, 0.2) is 6.23 Å². The monoisotopic (exact) mass is 466 g/mol. The van der Waals surface area contributed by atoms with Crippen LogP contribution < -0.4 is 11.1 Å². The van der Waals surface area contributed by atoms with E-state index in [2.05, 4.69) is 36.1 Å². The van der Waals surface area contributed by atoms with Gasteiger partial charge in [-0.1, -0.05) is 0 Å². The quantitative estimate of drug-likeness (QED) is 0.518. The number of hydrogen-bond donors (Lipinski definition) is 4. The summed E-state index contributed by atoms with van der Waals surface area (Å²) in [5, 5.41) is 25.7. The molecule has 3 saturated heterocycles. The first-order valence-electron chi connectivity index (χ1n) is 10.2. The predicted molar refractivity (Wildman–Crippen MR) is 111 cm³/mol. The molecule has 5 rings (SSSR count). The fourth-order valence-corrected chi connectivity index (χ4v) is 5.92. The molecule has 3 fully saturated rings. The number of aliphatic hydroxyl groups excluding tert-OH is 2. The van der Waals surface area contributed by atoms with Crippen molar-refractivity contribution in [1.82, 2.24) is 24.8 Å². The van der Waals surface area contributed by atoms with E-state index in [-0.39, 0.29) is 5.54 Å². The highest BCUT2D eigenvalue weighted by atomic mass is 79.9. The zero-order valence-electron chi connectivity index (χ0n) is 16.2. The van der Waals surface area contributed by atoms with Crippen molar-refractivity contribution in [2.45, 2.75) is 55.8 Å². The molecule has 29 heavy (non-hydrogen) atoms. The fourth-order valence-electron chi connectivity index (χ4n) is 5.32. The third-order valence-corrected chi connectivity index (χ3v) is 7.48. The van der Waals surface area contributed by atoms with E-state index in [9.17, 15) is 10.2 Å².